The van der Waals surface area contributed by atoms with Crippen LogP contribution < -0.4 is 5.32 Å². The minimum absolute atomic E-state index is 0.00827. The molecule has 1 amide bonds. The molecule has 0 saturated carbocycles. The predicted molar refractivity (Wildman–Crippen MR) is 101 cm³/mol. The lowest BCUT2D eigenvalue weighted by molar-refractivity contribution is -0.122. The number of aromatic nitrogens is 2. The summed E-state index contributed by atoms with van der Waals surface area (Å²) in [5.74, 6) is -0.0100. The average Bonchev–Trinajstić information content (AvgIpc) is 2.96. The zero-order valence-corrected chi connectivity index (χ0v) is 15.1. The van der Waals surface area contributed by atoms with Crippen LogP contribution in [0.2, 0.25) is 0 Å². The van der Waals surface area contributed by atoms with Crippen LogP contribution in [0, 0.1) is 0 Å². The van der Waals surface area contributed by atoms with Gasteiger partial charge in [-0.25, -0.2) is 0 Å². The number of carbonyl (C=O) groups excluding carboxylic acids is 1. The molecule has 0 spiro atoms. The first-order chi connectivity index (χ1) is 11.9. The summed E-state index contributed by atoms with van der Waals surface area (Å²) in [5.41, 5.74) is 2.21. The Kier molecular flexibility index (Phi) is 4.88. The van der Waals surface area contributed by atoms with E-state index >= 15 is 0 Å². The van der Waals surface area contributed by atoms with Gasteiger partial charge in [-0.2, -0.15) is 5.10 Å². The van der Waals surface area contributed by atoms with Crippen molar-refractivity contribution >= 4 is 16.8 Å². The molecule has 1 N–H and O–H groups in total. The van der Waals surface area contributed by atoms with Crippen LogP contribution in [0.15, 0.2) is 60.8 Å². The summed E-state index contributed by atoms with van der Waals surface area (Å²) >= 11 is 0. The molecule has 1 aromatic heterocycles. The largest absolute Gasteiger partial charge is 0.352 e. The van der Waals surface area contributed by atoms with Crippen LogP contribution in [0.25, 0.3) is 10.9 Å². The number of amides is 1. The fourth-order valence-electron chi connectivity index (χ4n) is 3.39. The Balaban J connectivity index is 1.58. The summed E-state index contributed by atoms with van der Waals surface area (Å²) in [6, 6.07) is 18.4. The van der Waals surface area contributed by atoms with Crippen molar-refractivity contribution in [1.82, 2.24) is 15.1 Å². The third-order valence-corrected chi connectivity index (χ3v) is 4.55. The Hall–Kier alpha value is -2.62. The molecule has 0 radical (unpaired) electrons. The van der Waals surface area contributed by atoms with Gasteiger partial charge in [-0.15, -0.1) is 0 Å². The van der Waals surface area contributed by atoms with E-state index in [9.17, 15) is 4.79 Å². The molecule has 130 valence electrons. The number of hydrogen-bond acceptors (Lipinski definition) is 2. The Labute approximate surface area is 148 Å². The first-order valence-corrected chi connectivity index (χ1v) is 8.71. The number of carbonyl (C=O) groups is 1. The third-order valence-electron chi connectivity index (χ3n) is 4.55. The number of nitrogens with zero attached hydrogens (tertiary/aromatic N) is 2. The molecule has 2 aromatic carbocycles. The summed E-state index contributed by atoms with van der Waals surface area (Å²) in [6.07, 6.45) is 2.79. The highest BCUT2D eigenvalue weighted by molar-refractivity contribution is 5.79. The monoisotopic (exact) mass is 335 g/mol. The number of hydrogen-bond donors (Lipinski definition) is 1. The van der Waals surface area contributed by atoms with E-state index in [1.165, 1.54) is 5.56 Å². The van der Waals surface area contributed by atoms with Crippen LogP contribution in [0.3, 0.4) is 0 Å². The molecule has 3 rings (SSSR count). The number of fused-ring (bicyclic) bond motifs is 1. The molecule has 0 bridgehead atoms. The van der Waals surface area contributed by atoms with Crippen LogP contribution >= 0.6 is 0 Å². The van der Waals surface area contributed by atoms with Gasteiger partial charge in [0, 0.05) is 17.6 Å². The predicted octanol–water partition coefficient (Wildman–Crippen LogP) is 3.91. The standard InChI is InChI=1S/C21H25N3O/c1-16(13-21(2,3)18-10-5-4-6-11-18)22-20(25)15-24-14-17-9-7-8-12-19(17)23-24/h4-12,14,16H,13,15H2,1-3H3,(H,22,25)/t16-/m1/s1. The lowest BCUT2D eigenvalue weighted by atomic mass is 9.79. The van der Waals surface area contributed by atoms with Crippen molar-refractivity contribution in [2.24, 2.45) is 0 Å². The van der Waals surface area contributed by atoms with E-state index in [0.29, 0.717) is 0 Å². The molecule has 1 atom stereocenters. The van der Waals surface area contributed by atoms with Gasteiger partial charge in [-0.3, -0.25) is 9.48 Å². The molecule has 0 aliphatic heterocycles. The summed E-state index contributed by atoms with van der Waals surface area (Å²) < 4.78 is 1.70. The SMILES string of the molecule is C[C@H](CC(C)(C)c1ccccc1)NC(=O)Cn1cc2ccccc2n1. The minimum atomic E-state index is -0.0100. The van der Waals surface area contributed by atoms with E-state index in [1.807, 2.05) is 36.5 Å². The summed E-state index contributed by atoms with van der Waals surface area (Å²) in [4.78, 5) is 12.4. The van der Waals surface area contributed by atoms with Crippen LogP contribution in [0.1, 0.15) is 32.8 Å². The quantitative estimate of drug-likeness (QED) is 0.742. The van der Waals surface area contributed by atoms with E-state index < -0.39 is 0 Å². The van der Waals surface area contributed by atoms with E-state index in [0.717, 1.165) is 17.3 Å². The zero-order chi connectivity index (χ0) is 17.9. The second-order valence-corrected chi connectivity index (χ2v) is 7.31. The fraction of sp³-hybridized carbons (Fsp3) is 0.333. The Morgan fingerprint density at radius 2 is 1.80 bits per heavy atom. The second-order valence-electron chi connectivity index (χ2n) is 7.31. The number of benzene rings is 2. The van der Waals surface area contributed by atoms with Crippen molar-refractivity contribution in [1.29, 1.82) is 0 Å². The molecule has 1 heterocycles. The Bertz CT molecular complexity index is 819. The van der Waals surface area contributed by atoms with Gasteiger partial charge in [0.2, 0.25) is 5.91 Å². The van der Waals surface area contributed by atoms with Crippen LogP contribution in [-0.4, -0.2) is 21.7 Å². The minimum Gasteiger partial charge on any atom is -0.352 e. The highest BCUT2D eigenvalue weighted by Crippen LogP contribution is 2.28. The van der Waals surface area contributed by atoms with Crippen LogP contribution in [0.5, 0.6) is 0 Å². The lowest BCUT2D eigenvalue weighted by Gasteiger charge is -2.29. The molecule has 25 heavy (non-hydrogen) atoms. The molecule has 0 unspecified atom stereocenters. The van der Waals surface area contributed by atoms with Gasteiger partial charge >= 0.3 is 0 Å². The smallest absolute Gasteiger partial charge is 0.241 e. The van der Waals surface area contributed by atoms with Gasteiger partial charge in [-0.1, -0.05) is 62.4 Å². The first-order valence-electron chi connectivity index (χ1n) is 8.71. The second kappa shape index (κ2) is 7.09. The van der Waals surface area contributed by atoms with E-state index in [1.54, 1.807) is 4.68 Å². The van der Waals surface area contributed by atoms with Crippen molar-refractivity contribution in [3.8, 4) is 0 Å². The zero-order valence-electron chi connectivity index (χ0n) is 15.1. The topological polar surface area (TPSA) is 46.9 Å². The van der Waals surface area contributed by atoms with Crippen molar-refractivity contribution in [2.75, 3.05) is 0 Å². The van der Waals surface area contributed by atoms with E-state index in [2.05, 4.69) is 55.5 Å². The highest BCUT2D eigenvalue weighted by atomic mass is 16.2. The number of nitrogens with one attached hydrogen (secondary N) is 1. The van der Waals surface area contributed by atoms with Crippen LogP contribution in [-0.2, 0) is 16.8 Å². The Morgan fingerprint density at radius 1 is 1.12 bits per heavy atom. The average molecular weight is 335 g/mol. The maximum absolute atomic E-state index is 12.4. The van der Waals surface area contributed by atoms with E-state index in [4.69, 9.17) is 0 Å². The molecule has 0 aliphatic rings. The van der Waals surface area contributed by atoms with Crippen molar-refractivity contribution in [3.63, 3.8) is 0 Å². The summed E-state index contributed by atoms with van der Waals surface area (Å²) in [5, 5.41) is 8.59. The summed E-state index contributed by atoms with van der Waals surface area (Å²) in [6.45, 7) is 6.73. The first kappa shape index (κ1) is 17.2. The van der Waals surface area contributed by atoms with Gasteiger partial charge in [0.05, 0.1) is 5.52 Å². The molecule has 4 heteroatoms. The highest BCUT2D eigenvalue weighted by Gasteiger charge is 2.24. The normalized spacial score (nSPS) is 12.9. The van der Waals surface area contributed by atoms with Gasteiger partial charge < -0.3 is 5.32 Å². The molecule has 3 aromatic rings. The molecule has 4 nitrogen and oxygen atoms in total. The van der Waals surface area contributed by atoms with Crippen molar-refractivity contribution < 1.29 is 4.79 Å². The van der Waals surface area contributed by atoms with Crippen LogP contribution in [0.4, 0.5) is 0 Å². The molecule has 0 saturated heterocycles. The fourth-order valence-corrected chi connectivity index (χ4v) is 3.39. The van der Waals surface area contributed by atoms with Crippen molar-refractivity contribution in [3.05, 3.63) is 66.4 Å². The maximum Gasteiger partial charge on any atom is 0.241 e. The van der Waals surface area contributed by atoms with E-state index in [-0.39, 0.29) is 23.9 Å². The maximum atomic E-state index is 12.4. The number of rotatable bonds is 6. The molecule has 0 aliphatic carbocycles. The van der Waals surface area contributed by atoms with Gasteiger partial charge in [-0.05, 0) is 30.4 Å². The Morgan fingerprint density at radius 3 is 2.52 bits per heavy atom. The van der Waals surface area contributed by atoms with Gasteiger partial charge in [0.15, 0.2) is 0 Å². The van der Waals surface area contributed by atoms with Crippen molar-refractivity contribution in [2.45, 2.75) is 45.2 Å². The van der Waals surface area contributed by atoms with Gasteiger partial charge in [0.1, 0.15) is 6.54 Å². The summed E-state index contributed by atoms with van der Waals surface area (Å²) in [7, 11) is 0. The van der Waals surface area contributed by atoms with Gasteiger partial charge in [0.25, 0.3) is 0 Å². The lowest BCUT2D eigenvalue weighted by Crippen LogP contribution is -2.39. The molecule has 0 fully saturated rings. The third kappa shape index (κ3) is 4.27. The molecular weight excluding hydrogens is 310 g/mol. The molecular formula is C21H25N3O.